The molecule has 4 heteroatoms. The van der Waals surface area contributed by atoms with Gasteiger partial charge in [0.1, 0.15) is 0 Å². The first kappa shape index (κ1) is 25.7. The van der Waals surface area contributed by atoms with Crippen molar-refractivity contribution in [1.82, 2.24) is 0 Å². The van der Waals surface area contributed by atoms with Crippen LogP contribution in [0.25, 0.3) is 0 Å². The van der Waals surface area contributed by atoms with E-state index < -0.39 is 23.4 Å². The topological polar surface area (TPSA) is 80.9 Å². The van der Waals surface area contributed by atoms with E-state index in [9.17, 15) is 20.4 Å². The van der Waals surface area contributed by atoms with Crippen molar-refractivity contribution in [3.63, 3.8) is 0 Å². The van der Waals surface area contributed by atoms with Crippen molar-refractivity contribution in [3.8, 4) is 0 Å². The highest BCUT2D eigenvalue weighted by Crippen LogP contribution is 2.60. The molecule has 3 rings (SSSR count). The zero-order chi connectivity index (χ0) is 23.9. The molecule has 0 unspecified atom stereocenters. The van der Waals surface area contributed by atoms with Gasteiger partial charge in [0.05, 0.1) is 23.4 Å². The molecule has 3 aliphatic rings. The van der Waals surface area contributed by atoms with Gasteiger partial charge in [-0.05, 0) is 100 Å². The van der Waals surface area contributed by atoms with E-state index in [1.165, 1.54) is 31.3 Å². The van der Waals surface area contributed by atoms with Crippen LogP contribution in [0.5, 0.6) is 0 Å². The minimum absolute atomic E-state index is 0.232. The Labute approximate surface area is 195 Å². The van der Waals surface area contributed by atoms with E-state index in [-0.39, 0.29) is 5.41 Å². The molecule has 3 saturated carbocycles. The third-order valence-electron chi connectivity index (χ3n) is 8.56. The lowest BCUT2D eigenvalue weighted by Gasteiger charge is -2.45. The standard InChI is InChI=1S/C28H46O4/c1-18(16-27(5,32)17-26(3,4)31)23-11-12-24-20(8-7-13-28(23,24)6)9-10-21-14-22(29)15-25(30)19(21)2/h9-10,18,22-25,29-32H,2,7-8,11-17H2,1,3-6H3/b20-9+,21-10-/t18-,22-,23-,24+,25+,27-,28-/m1/s1. The molecule has 182 valence electrons. The second-order valence-corrected chi connectivity index (χ2v) is 12.3. The SMILES string of the molecule is C=C1/C(=C\C=C2/CCC[C@]3(C)[C@@H]([C@H](C)C[C@@](C)(O)CC(C)(C)O)CC[C@@H]23)C[C@@H](O)C[C@@H]1O. The van der Waals surface area contributed by atoms with Gasteiger partial charge in [-0.15, -0.1) is 0 Å². The van der Waals surface area contributed by atoms with Crippen LogP contribution in [0.1, 0.15) is 92.4 Å². The Kier molecular flexibility index (Phi) is 7.52. The molecule has 0 aromatic heterocycles. The van der Waals surface area contributed by atoms with E-state index in [0.717, 1.165) is 17.6 Å². The average molecular weight is 447 g/mol. The van der Waals surface area contributed by atoms with E-state index in [0.29, 0.717) is 43.4 Å². The van der Waals surface area contributed by atoms with Crippen molar-refractivity contribution in [2.24, 2.45) is 23.2 Å². The highest BCUT2D eigenvalue weighted by atomic mass is 16.3. The predicted octanol–water partition coefficient (Wildman–Crippen LogP) is 5.07. The number of rotatable bonds is 6. The molecular weight excluding hydrogens is 400 g/mol. The monoisotopic (exact) mass is 446 g/mol. The van der Waals surface area contributed by atoms with Gasteiger partial charge in [0.25, 0.3) is 0 Å². The third-order valence-corrected chi connectivity index (χ3v) is 8.56. The Morgan fingerprint density at radius 1 is 1.16 bits per heavy atom. The highest BCUT2D eigenvalue weighted by molar-refractivity contribution is 5.38. The zero-order valence-electron chi connectivity index (χ0n) is 20.9. The van der Waals surface area contributed by atoms with Gasteiger partial charge in [-0.1, -0.05) is 38.2 Å². The molecule has 3 aliphatic carbocycles. The van der Waals surface area contributed by atoms with Gasteiger partial charge >= 0.3 is 0 Å². The summed E-state index contributed by atoms with van der Waals surface area (Å²) in [7, 11) is 0. The number of hydrogen-bond donors (Lipinski definition) is 4. The number of allylic oxidation sites excluding steroid dienone is 3. The summed E-state index contributed by atoms with van der Waals surface area (Å²) in [5, 5.41) is 41.4. The predicted molar refractivity (Wildman–Crippen MR) is 130 cm³/mol. The first-order valence-electron chi connectivity index (χ1n) is 12.6. The molecule has 0 heterocycles. The van der Waals surface area contributed by atoms with Crippen LogP contribution in [0.4, 0.5) is 0 Å². The highest BCUT2D eigenvalue weighted by Gasteiger charge is 2.51. The average Bonchev–Trinajstić information content (AvgIpc) is 2.98. The Morgan fingerprint density at radius 3 is 2.50 bits per heavy atom. The molecular formula is C28H46O4. The smallest absolute Gasteiger partial charge is 0.0811 e. The summed E-state index contributed by atoms with van der Waals surface area (Å²) >= 11 is 0. The van der Waals surface area contributed by atoms with Crippen LogP contribution in [-0.2, 0) is 0 Å². The van der Waals surface area contributed by atoms with E-state index in [1.54, 1.807) is 13.8 Å². The maximum atomic E-state index is 11.0. The lowest BCUT2D eigenvalue weighted by atomic mass is 9.60. The summed E-state index contributed by atoms with van der Waals surface area (Å²) in [6, 6.07) is 0. The van der Waals surface area contributed by atoms with Gasteiger partial charge in [-0.2, -0.15) is 0 Å². The second kappa shape index (κ2) is 9.37. The van der Waals surface area contributed by atoms with Crippen molar-refractivity contribution in [2.45, 2.75) is 116 Å². The Balaban J connectivity index is 1.75. The summed E-state index contributed by atoms with van der Waals surface area (Å²) in [5.41, 5.74) is 1.71. The van der Waals surface area contributed by atoms with Crippen LogP contribution < -0.4 is 0 Å². The normalized spacial score (nSPS) is 39.2. The lowest BCUT2D eigenvalue weighted by molar-refractivity contribution is -0.0566. The fraction of sp³-hybridized carbons (Fsp3) is 0.786. The van der Waals surface area contributed by atoms with E-state index in [1.807, 2.05) is 6.92 Å². The van der Waals surface area contributed by atoms with Gasteiger partial charge in [0.2, 0.25) is 0 Å². The molecule has 0 amide bonds. The van der Waals surface area contributed by atoms with Crippen molar-refractivity contribution in [3.05, 3.63) is 35.5 Å². The van der Waals surface area contributed by atoms with Crippen LogP contribution in [0.3, 0.4) is 0 Å². The summed E-state index contributed by atoms with van der Waals surface area (Å²) < 4.78 is 0. The first-order valence-corrected chi connectivity index (χ1v) is 12.6. The molecule has 0 bridgehead atoms. The molecule has 3 fully saturated rings. The number of aliphatic hydroxyl groups excluding tert-OH is 2. The van der Waals surface area contributed by atoms with E-state index in [2.05, 4.69) is 32.6 Å². The van der Waals surface area contributed by atoms with Gasteiger partial charge in [-0.3, -0.25) is 0 Å². The van der Waals surface area contributed by atoms with Gasteiger partial charge in [0, 0.05) is 12.8 Å². The fourth-order valence-corrected chi connectivity index (χ4v) is 7.52. The number of fused-ring (bicyclic) bond motifs is 1. The van der Waals surface area contributed by atoms with Crippen LogP contribution in [0, 0.1) is 23.2 Å². The van der Waals surface area contributed by atoms with Crippen molar-refractivity contribution in [1.29, 1.82) is 0 Å². The van der Waals surface area contributed by atoms with Crippen LogP contribution in [-0.4, -0.2) is 43.8 Å². The summed E-state index contributed by atoms with van der Waals surface area (Å²) in [6.07, 6.45) is 11.1. The molecule has 0 saturated heterocycles. The second-order valence-electron chi connectivity index (χ2n) is 12.3. The van der Waals surface area contributed by atoms with Crippen LogP contribution in [0.15, 0.2) is 35.5 Å². The molecule has 4 nitrogen and oxygen atoms in total. The van der Waals surface area contributed by atoms with E-state index >= 15 is 0 Å². The van der Waals surface area contributed by atoms with Gasteiger partial charge in [0.15, 0.2) is 0 Å². The minimum Gasteiger partial charge on any atom is -0.393 e. The van der Waals surface area contributed by atoms with Crippen molar-refractivity contribution < 1.29 is 20.4 Å². The van der Waals surface area contributed by atoms with Crippen LogP contribution in [0.2, 0.25) is 0 Å². The largest absolute Gasteiger partial charge is 0.393 e. The maximum absolute atomic E-state index is 11.0. The molecule has 7 atom stereocenters. The van der Waals surface area contributed by atoms with Crippen molar-refractivity contribution in [2.75, 3.05) is 0 Å². The lowest BCUT2D eigenvalue weighted by Crippen LogP contribution is -2.41. The molecule has 0 aromatic rings. The van der Waals surface area contributed by atoms with Crippen LogP contribution >= 0.6 is 0 Å². The molecule has 4 N–H and O–H groups in total. The molecule has 0 radical (unpaired) electrons. The van der Waals surface area contributed by atoms with Gasteiger partial charge < -0.3 is 20.4 Å². The van der Waals surface area contributed by atoms with Crippen molar-refractivity contribution >= 4 is 0 Å². The number of aliphatic hydroxyl groups is 4. The summed E-state index contributed by atoms with van der Waals surface area (Å²) in [4.78, 5) is 0. The molecule has 0 aliphatic heterocycles. The minimum atomic E-state index is -0.871. The quantitative estimate of drug-likeness (QED) is 0.459. The fourth-order valence-electron chi connectivity index (χ4n) is 7.52. The number of hydrogen-bond acceptors (Lipinski definition) is 4. The van der Waals surface area contributed by atoms with Gasteiger partial charge in [-0.25, -0.2) is 0 Å². The maximum Gasteiger partial charge on any atom is 0.0811 e. The summed E-state index contributed by atoms with van der Waals surface area (Å²) in [5.74, 6) is 1.50. The Hall–Kier alpha value is -0.940. The van der Waals surface area contributed by atoms with E-state index in [4.69, 9.17) is 0 Å². The molecule has 0 aromatic carbocycles. The zero-order valence-corrected chi connectivity index (χ0v) is 20.9. The Morgan fingerprint density at radius 2 is 1.84 bits per heavy atom. The summed E-state index contributed by atoms with van der Waals surface area (Å²) in [6.45, 7) is 14.2. The third kappa shape index (κ3) is 5.75. The molecule has 0 spiro atoms. The first-order chi connectivity index (χ1) is 14.7. The molecule has 32 heavy (non-hydrogen) atoms. The Bertz CT molecular complexity index is 756.